The van der Waals surface area contributed by atoms with Crippen LogP contribution in [0.3, 0.4) is 0 Å². The first-order valence-corrected chi connectivity index (χ1v) is 6.43. The van der Waals surface area contributed by atoms with E-state index >= 15 is 0 Å². The van der Waals surface area contributed by atoms with E-state index in [1.807, 2.05) is 24.3 Å². The molecule has 1 atom stereocenters. The summed E-state index contributed by atoms with van der Waals surface area (Å²) in [5, 5.41) is 13.8. The summed E-state index contributed by atoms with van der Waals surface area (Å²) in [6, 6.07) is 7.49. The normalized spacial score (nSPS) is 12.8. The number of hydrogen-bond acceptors (Lipinski definition) is 3. The average molecular weight is 257 g/mol. The van der Waals surface area contributed by atoms with Crippen molar-refractivity contribution in [1.82, 2.24) is 4.90 Å². The highest BCUT2D eigenvalue weighted by atomic mass is 35.5. The van der Waals surface area contributed by atoms with Gasteiger partial charge in [0.05, 0.1) is 6.10 Å². The lowest BCUT2D eigenvalue weighted by Gasteiger charge is -2.22. The van der Waals surface area contributed by atoms with E-state index < -0.39 is 0 Å². The number of likely N-dealkylation sites (N-methyl/N-ethyl adjacent to an activating group) is 1. The van der Waals surface area contributed by atoms with Gasteiger partial charge in [0.15, 0.2) is 0 Å². The van der Waals surface area contributed by atoms with Gasteiger partial charge in [-0.3, -0.25) is 0 Å². The van der Waals surface area contributed by atoms with Gasteiger partial charge in [-0.2, -0.15) is 0 Å². The Hall–Kier alpha value is -0.770. The summed E-state index contributed by atoms with van der Waals surface area (Å²) in [5.41, 5.74) is 0.980. The Morgan fingerprint density at radius 3 is 2.35 bits per heavy atom. The van der Waals surface area contributed by atoms with Crippen LogP contribution in [0.15, 0.2) is 24.3 Å². The molecule has 4 heteroatoms. The van der Waals surface area contributed by atoms with Gasteiger partial charge < -0.3 is 15.3 Å². The summed E-state index contributed by atoms with van der Waals surface area (Å²) in [6.45, 7) is 7.39. The number of nitrogens with zero attached hydrogens (tertiary/aromatic N) is 1. The smallest absolute Gasteiger partial charge is 0.0839 e. The van der Waals surface area contributed by atoms with E-state index in [0.717, 1.165) is 23.8 Å². The van der Waals surface area contributed by atoms with Crippen LogP contribution < -0.4 is 5.32 Å². The van der Waals surface area contributed by atoms with Gasteiger partial charge in [-0.15, -0.1) is 0 Å². The van der Waals surface area contributed by atoms with Crippen LogP contribution in [0.25, 0.3) is 0 Å². The maximum absolute atomic E-state index is 9.87. The Kier molecular flexibility index (Phi) is 6.34. The van der Waals surface area contributed by atoms with Crippen molar-refractivity contribution in [2.45, 2.75) is 20.0 Å². The number of nitrogens with one attached hydrogen (secondary N) is 1. The molecule has 1 aromatic rings. The maximum atomic E-state index is 9.87. The number of aliphatic hydroxyl groups is 1. The average Bonchev–Trinajstić information content (AvgIpc) is 2.35. The first-order valence-electron chi connectivity index (χ1n) is 6.05. The molecule has 0 radical (unpaired) electrons. The molecule has 0 fully saturated rings. The third kappa shape index (κ3) is 5.39. The SMILES string of the molecule is CCN(CC)CC(O)CNc1ccc(Cl)cc1. The standard InChI is InChI=1S/C13H21ClN2O/c1-3-16(4-2)10-13(17)9-15-12-7-5-11(14)6-8-12/h5-8,13,15,17H,3-4,9-10H2,1-2H3. The van der Waals surface area contributed by atoms with Crippen LogP contribution >= 0.6 is 11.6 Å². The van der Waals surface area contributed by atoms with E-state index in [9.17, 15) is 5.11 Å². The monoisotopic (exact) mass is 256 g/mol. The van der Waals surface area contributed by atoms with Crippen molar-refractivity contribution in [3.63, 3.8) is 0 Å². The molecule has 1 aromatic carbocycles. The van der Waals surface area contributed by atoms with Gasteiger partial charge in [0.25, 0.3) is 0 Å². The Morgan fingerprint density at radius 1 is 1.24 bits per heavy atom. The molecule has 0 aromatic heterocycles. The number of halogens is 1. The number of aliphatic hydroxyl groups excluding tert-OH is 1. The number of anilines is 1. The Balaban J connectivity index is 2.32. The predicted molar refractivity (Wildman–Crippen MR) is 73.7 cm³/mol. The molecule has 17 heavy (non-hydrogen) atoms. The first kappa shape index (κ1) is 14.3. The largest absolute Gasteiger partial charge is 0.390 e. The van der Waals surface area contributed by atoms with Gasteiger partial charge in [0.1, 0.15) is 0 Å². The lowest BCUT2D eigenvalue weighted by molar-refractivity contribution is 0.128. The molecule has 0 amide bonds. The molecule has 0 spiro atoms. The molecule has 0 bridgehead atoms. The second kappa shape index (κ2) is 7.54. The van der Waals surface area contributed by atoms with Gasteiger partial charge in [-0.05, 0) is 37.4 Å². The van der Waals surface area contributed by atoms with Gasteiger partial charge in [-0.1, -0.05) is 25.4 Å². The van der Waals surface area contributed by atoms with Crippen LogP contribution in [0.4, 0.5) is 5.69 Å². The van der Waals surface area contributed by atoms with E-state index in [0.29, 0.717) is 13.1 Å². The van der Waals surface area contributed by atoms with Gasteiger partial charge in [0, 0.05) is 23.8 Å². The molecular formula is C13H21ClN2O. The molecule has 0 saturated heterocycles. The fourth-order valence-corrected chi connectivity index (χ4v) is 1.77. The Labute approximate surface area is 108 Å². The summed E-state index contributed by atoms with van der Waals surface area (Å²) in [6.07, 6.45) is -0.356. The lowest BCUT2D eigenvalue weighted by Crippen LogP contribution is -2.35. The topological polar surface area (TPSA) is 35.5 Å². The van der Waals surface area contributed by atoms with Crippen LogP contribution in [0.5, 0.6) is 0 Å². The molecule has 0 aliphatic heterocycles. The number of benzene rings is 1. The fourth-order valence-electron chi connectivity index (χ4n) is 1.65. The van der Waals surface area contributed by atoms with E-state index in [1.54, 1.807) is 0 Å². The zero-order valence-corrected chi connectivity index (χ0v) is 11.2. The van der Waals surface area contributed by atoms with Crippen molar-refractivity contribution < 1.29 is 5.11 Å². The quantitative estimate of drug-likeness (QED) is 0.787. The summed E-state index contributed by atoms with van der Waals surface area (Å²) in [5.74, 6) is 0. The summed E-state index contributed by atoms with van der Waals surface area (Å²) in [7, 11) is 0. The minimum atomic E-state index is -0.356. The minimum absolute atomic E-state index is 0.356. The highest BCUT2D eigenvalue weighted by Gasteiger charge is 2.08. The zero-order chi connectivity index (χ0) is 12.7. The zero-order valence-electron chi connectivity index (χ0n) is 10.5. The molecule has 0 aliphatic rings. The Bertz CT molecular complexity index is 312. The van der Waals surface area contributed by atoms with E-state index in [2.05, 4.69) is 24.1 Å². The highest BCUT2D eigenvalue weighted by molar-refractivity contribution is 6.30. The van der Waals surface area contributed by atoms with Crippen LogP contribution in [0.2, 0.25) is 5.02 Å². The summed E-state index contributed by atoms with van der Waals surface area (Å²) < 4.78 is 0. The lowest BCUT2D eigenvalue weighted by atomic mass is 10.2. The predicted octanol–water partition coefficient (Wildman–Crippen LogP) is 2.45. The van der Waals surface area contributed by atoms with Crippen LogP contribution in [-0.2, 0) is 0 Å². The number of rotatable bonds is 7. The van der Waals surface area contributed by atoms with Gasteiger partial charge in [-0.25, -0.2) is 0 Å². The molecule has 1 rings (SSSR count). The fraction of sp³-hybridized carbons (Fsp3) is 0.538. The first-order chi connectivity index (χ1) is 8.15. The van der Waals surface area contributed by atoms with Crippen molar-refractivity contribution in [3.05, 3.63) is 29.3 Å². The molecule has 0 heterocycles. The van der Waals surface area contributed by atoms with E-state index in [1.165, 1.54) is 0 Å². The summed E-state index contributed by atoms with van der Waals surface area (Å²) in [4.78, 5) is 2.20. The molecule has 96 valence electrons. The van der Waals surface area contributed by atoms with Crippen molar-refractivity contribution in [1.29, 1.82) is 0 Å². The molecule has 0 saturated carbocycles. The van der Waals surface area contributed by atoms with Crippen LogP contribution in [0, 0.1) is 0 Å². The minimum Gasteiger partial charge on any atom is -0.390 e. The third-order valence-electron chi connectivity index (χ3n) is 2.75. The second-order valence-corrected chi connectivity index (χ2v) is 4.46. The van der Waals surface area contributed by atoms with Crippen molar-refractivity contribution >= 4 is 17.3 Å². The van der Waals surface area contributed by atoms with Crippen molar-refractivity contribution in [2.75, 3.05) is 31.5 Å². The highest BCUT2D eigenvalue weighted by Crippen LogP contribution is 2.13. The van der Waals surface area contributed by atoms with E-state index in [4.69, 9.17) is 11.6 Å². The van der Waals surface area contributed by atoms with Gasteiger partial charge >= 0.3 is 0 Å². The number of hydrogen-bond donors (Lipinski definition) is 2. The van der Waals surface area contributed by atoms with Crippen molar-refractivity contribution in [2.24, 2.45) is 0 Å². The summed E-state index contributed by atoms with van der Waals surface area (Å²) >= 11 is 5.80. The molecule has 2 N–H and O–H groups in total. The van der Waals surface area contributed by atoms with Gasteiger partial charge in [0.2, 0.25) is 0 Å². The second-order valence-electron chi connectivity index (χ2n) is 4.03. The van der Waals surface area contributed by atoms with Crippen LogP contribution in [-0.4, -0.2) is 42.3 Å². The van der Waals surface area contributed by atoms with Crippen molar-refractivity contribution in [3.8, 4) is 0 Å². The van der Waals surface area contributed by atoms with Crippen LogP contribution in [0.1, 0.15) is 13.8 Å². The molecule has 3 nitrogen and oxygen atoms in total. The molecule has 1 unspecified atom stereocenters. The van der Waals surface area contributed by atoms with E-state index in [-0.39, 0.29) is 6.10 Å². The molecular weight excluding hydrogens is 236 g/mol. The molecule has 0 aliphatic carbocycles. The third-order valence-corrected chi connectivity index (χ3v) is 3.00. The Morgan fingerprint density at radius 2 is 1.82 bits per heavy atom. The maximum Gasteiger partial charge on any atom is 0.0839 e.